The van der Waals surface area contributed by atoms with Gasteiger partial charge in [0.25, 0.3) is 0 Å². The Hall–Kier alpha value is -1.52. The van der Waals surface area contributed by atoms with Gasteiger partial charge in [0, 0.05) is 35.4 Å². The van der Waals surface area contributed by atoms with Crippen molar-refractivity contribution >= 4 is 26.5 Å². The zero-order valence-corrected chi connectivity index (χ0v) is 12.2. The number of phenols is 1. The second kappa shape index (κ2) is 6.77. The minimum Gasteiger partial charge on any atom is -0.502 e. The lowest BCUT2D eigenvalue weighted by molar-refractivity contribution is -0.386. The zero-order chi connectivity index (χ0) is 15.3. The van der Waals surface area contributed by atoms with Crippen molar-refractivity contribution in [3.8, 4) is 5.75 Å². The van der Waals surface area contributed by atoms with Crippen molar-refractivity contribution in [3.63, 3.8) is 0 Å². The van der Waals surface area contributed by atoms with Crippen LogP contribution in [0.1, 0.15) is 6.42 Å². The molecule has 8 nitrogen and oxygen atoms in total. The molecule has 112 valence electrons. The van der Waals surface area contributed by atoms with E-state index in [4.69, 9.17) is 0 Å². The maximum atomic E-state index is 11.9. The van der Waals surface area contributed by atoms with E-state index in [1.807, 2.05) is 0 Å². The van der Waals surface area contributed by atoms with Gasteiger partial charge in [-0.2, -0.15) is 0 Å². The molecule has 0 fully saturated rings. The van der Waals surface area contributed by atoms with Gasteiger partial charge in [-0.15, -0.1) is 0 Å². The van der Waals surface area contributed by atoms with Crippen LogP contribution < -0.4 is 4.72 Å². The number of phenolic OH excluding ortho intramolecular Hbond substituents is 1. The smallest absolute Gasteiger partial charge is 0.312 e. The van der Waals surface area contributed by atoms with Crippen LogP contribution >= 0.6 is 0 Å². The highest BCUT2D eigenvalue weighted by Crippen LogP contribution is 2.27. The van der Waals surface area contributed by atoms with Gasteiger partial charge in [-0.05, 0) is 18.6 Å². The Morgan fingerprint density at radius 3 is 2.65 bits per heavy atom. The number of aromatic hydroxyl groups is 1. The summed E-state index contributed by atoms with van der Waals surface area (Å²) in [5.74, 6) is -0.242. The van der Waals surface area contributed by atoms with Crippen molar-refractivity contribution in [2.45, 2.75) is 11.3 Å². The molecular formula is C10H14N2O6S2. The lowest BCUT2D eigenvalue weighted by Crippen LogP contribution is -2.25. The number of hydrogen-bond acceptors (Lipinski definition) is 6. The Balaban J connectivity index is 2.85. The molecule has 0 aliphatic carbocycles. The number of nitrogens with zero attached hydrogens (tertiary/aromatic N) is 1. The second-order valence-corrected chi connectivity index (χ2v) is 7.26. The van der Waals surface area contributed by atoms with E-state index in [1.54, 1.807) is 0 Å². The summed E-state index contributed by atoms with van der Waals surface area (Å²) < 4.78 is 36.8. The van der Waals surface area contributed by atoms with Crippen LogP contribution in [-0.2, 0) is 20.8 Å². The molecule has 1 unspecified atom stereocenters. The van der Waals surface area contributed by atoms with E-state index in [2.05, 4.69) is 4.72 Å². The summed E-state index contributed by atoms with van der Waals surface area (Å²) in [4.78, 5) is 9.46. The molecule has 0 saturated carbocycles. The quantitative estimate of drug-likeness (QED) is 0.423. The molecular weight excluding hydrogens is 308 g/mol. The molecule has 10 heteroatoms. The average molecular weight is 322 g/mol. The summed E-state index contributed by atoms with van der Waals surface area (Å²) in [6.45, 7) is 0.0799. The maximum Gasteiger partial charge on any atom is 0.312 e. The monoisotopic (exact) mass is 322 g/mol. The highest BCUT2D eigenvalue weighted by molar-refractivity contribution is 7.89. The fourth-order valence-corrected chi connectivity index (χ4v) is 3.03. The Kier molecular flexibility index (Phi) is 5.60. The van der Waals surface area contributed by atoms with Crippen LogP contribution in [0.15, 0.2) is 23.1 Å². The fourth-order valence-electron chi connectivity index (χ4n) is 1.38. The maximum absolute atomic E-state index is 11.9. The third-order valence-electron chi connectivity index (χ3n) is 2.35. The molecule has 0 aliphatic heterocycles. The number of nitrogens with one attached hydrogen (secondary N) is 1. The third kappa shape index (κ3) is 4.54. The van der Waals surface area contributed by atoms with Gasteiger partial charge in [-0.25, -0.2) is 13.1 Å². The molecule has 0 saturated heterocycles. The molecule has 2 N–H and O–H groups in total. The number of sulfonamides is 1. The Morgan fingerprint density at radius 1 is 1.45 bits per heavy atom. The second-order valence-electron chi connectivity index (χ2n) is 3.94. The standard InChI is InChI=1S/C10H14N2O6S2/c1-19(16)6-2-5-11-20(17,18)8-3-4-10(13)9(7-8)12(14)15/h3-4,7,11,13H,2,5-6H2,1H3. The molecule has 20 heavy (non-hydrogen) atoms. The van der Waals surface area contributed by atoms with Gasteiger partial charge < -0.3 is 5.11 Å². The van der Waals surface area contributed by atoms with Gasteiger partial charge in [0.2, 0.25) is 10.0 Å². The predicted molar refractivity (Wildman–Crippen MR) is 73.5 cm³/mol. The number of rotatable bonds is 7. The minimum atomic E-state index is -3.90. The molecule has 0 bridgehead atoms. The highest BCUT2D eigenvalue weighted by Gasteiger charge is 2.20. The van der Waals surface area contributed by atoms with E-state index >= 15 is 0 Å². The summed E-state index contributed by atoms with van der Waals surface area (Å²) in [6, 6.07) is 2.81. The Labute approximate surface area is 118 Å². The van der Waals surface area contributed by atoms with Gasteiger partial charge in [0.15, 0.2) is 5.75 Å². The van der Waals surface area contributed by atoms with E-state index in [9.17, 15) is 27.8 Å². The van der Waals surface area contributed by atoms with Crippen LogP contribution in [0.2, 0.25) is 0 Å². The topological polar surface area (TPSA) is 127 Å². The highest BCUT2D eigenvalue weighted by atomic mass is 32.2. The largest absolute Gasteiger partial charge is 0.502 e. The van der Waals surface area contributed by atoms with Gasteiger partial charge in [-0.3, -0.25) is 14.3 Å². The van der Waals surface area contributed by atoms with Crippen molar-refractivity contribution in [1.82, 2.24) is 4.72 Å². The first-order valence-corrected chi connectivity index (χ1v) is 8.72. The SMILES string of the molecule is CS(=O)CCCNS(=O)(=O)c1ccc(O)c([N+](=O)[O-])c1. The van der Waals surface area contributed by atoms with E-state index in [-0.39, 0.29) is 11.4 Å². The van der Waals surface area contributed by atoms with Crippen LogP contribution in [0.3, 0.4) is 0 Å². The molecule has 0 aromatic heterocycles. The zero-order valence-electron chi connectivity index (χ0n) is 10.6. The molecule has 0 aliphatic rings. The number of nitro benzene ring substituents is 1. The third-order valence-corrected chi connectivity index (χ3v) is 4.68. The first-order chi connectivity index (χ1) is 9.24. The molecule has 1 rings (SSSR count). The van der Waals surface area contributed by atoms with Crippen molar-refractivity contribution in [3.05, 3.63) is 28.3 Å². The summed E-state index contributed by atoms with van der Waals surface area (Å²) in [6.07, 6.45) is 1.90. The van der Waals surface area contributed by atoms with Crippen LogP contribution in [0.25, 0.3) is 0 Å². The first-order valence-electron chi connectivity index (χ1n) is 5.51. The predicted octanol–water partition coefficient (Wildman–Crippen LogP) is 0.347. The van der Waals surface area contributed by atoms with Crippen molar-refractivity contribution in [2.75, 3.05) is 18.6 Å². The van der Waals surface area contributed by atoms with Crippen LogP contribution in [-0.4, -0.2) is 41.2 Å². The number of benzene rings is 1. The summed E-state index contributed by atoms with van der Waals surface area (Å²) in [5.41, 5.74) is -0.678. The fraction of sp³-hybridized carbons (Fsp3) is 0.400. The summed E-state index contributed by atoms with van der Waals surface area (Å²) in [5, 5.41) is 19.9. The summed E-state index contributed by atoms with van der Waals surface area (Å²) in [7, 11) is -4.90. The molecule has 0 amide bonds. The van der Waals surface area contributed by atoms with Gasteiger partial charge in [0.05, 0.1) is 9.82 Å². The normalized spacial score (nSPS) is 13.1. The average Bonchev–Trinajstić information content (AvgIpc) is 2.34. The minimum absolute atomic E-state index is 0.0799. The van der Waals surface area contributed by atoms with E-state index in [0.29, 0.717) is 12.2 Å². The van der Waals surface area contributed by atoms with E-state index < -0.39 is 37.2 Å². The van der Waals surface area contributed by atoms with Crippen LogP contribution in [0.5, 0.6) is 5.75 Å². The summed E-state index contributed by atoms with van der Waals surface area (Å²) >= 11 is 0. The van der Waals surface area contributed by atoms with Gasteiger partial charge in [-0.1, -0.05) is 0 Å². The van der Waals surface area contributed by atoms with Gasteiger partial charge >= 0.3 is 5.69 Å². The van der Waals surface area contributed by atoms with Gasteiger partial charge in [0.1, 0.15) is 0 Å². The lowest BCUT2D eigenvalue weighted by Gasteiger charge is -2.06. The lowest BCUT2D eigenvalue weighted by atomic mass is 10.3. The first kappa shape index (κ1) is 16.5. The van der Waals surface area contributed by atoms with Crippen LogP contribution in [0, 0.1) is 10.1 Å². The molecule has 1 atom stereocenters. The Morgan fingerprint density at radius 2 is 2.10 bits per heavy atom. The van der Waals surface area contributed by atoms with Crippen LogP contribution in [0.4, 0.5) is 5.69 Å². The molecule has 0 radical (unpaired) electrons. The number of hydrogen-bond donors (Lipinski definition) is 2. The van der Waals surface area contributed by atoms with Crippen molar-refractivity contribution < 1.29 is 22.7 Å². The molecule has 0 heterocycles. The molecule has 0 spiro atoms. The molecule has 1 aromatic rings. The van der Waals surface area contributed by atoms with Crippen molar-refractivity contribution in [2.24, 2.45) is 0 Å². The number of nitro groups is 1. The molecule has 1 aromatic carbocycles. The van der Waals surface area contributed by atoms with Crippen molar-refractivity contribution in [1.29, 1.82) is 0 Å². The Bertz CT molecular complexity index is 629. The van der Waals surface area contributed by atoms with E-state index in [1.165, 1.54) is 6.26 Å². The van der Waals surface area contributed by atoms with E-state index in [0.717, 1.165) is 18.2 Å².